The van der Waals surface area contributed by atoms with Gasteiger partial charge in [-0.1, -0.05) is 0 Å². The first-order valence-corrected chi connectivity index (χ1v) is 13.0. The molecule has 13 heteroatoms. The molecule has 34 heavy (non-hydrogen) atoms. The molecule has 1 aromatic rings. The summed E-state index contributed by atoms with van der Waals surface area (Å²) in [5, 5.41) is 8.70. The number of benzene rings is 1. The van der Waals surface area contributed by atoms with E-state index >= 15 is 0 Å². The number of ether oxygens (including phenoxy) is 1. The van der Waals surface area contributed by atoms with Crippen molar-refractivity contribution in [1.29, 1.82) is 0 Å². The Morgan fingerprint density at radius 1 is 1.29 bits per heavy atom. The summed E-state index contributed by atoms with van der Waals surface area (Å²) in [4.78, 5) is 12.8. The van der Waals surface area contributed by atoms with Crippen LogP contribution < -0.4 is 9.64 Å². The average molecular weight is 529 g/mol. The number of halogens is 4. The fourth-order valence-electron chi connectivity index (χ4n) is 3.59. The Morgan fingerprint density at radius 2 is 1.91 bits per heavy atom. The molecule has 0 fully saturated rings. The van der Waals surface area contributed by atoms with Crippen LogP contribution in [-0.2, 0) is 14.8 Å². The Labute approximate surface area is 200 Å². The molecule has 0 aliphatic carbocycles. The highest BCUT2D eigenvalue weighted by Crippen LogP contribution is 2.43. The van der Waals surface area contributed by atoms with Crippen LogP contribution in [0.25, 0.3) is 0 Å². The van der Waals surface area contributed by atoms with Crippen molar-refractivity contribution in [2.45, 2.75) is 67.6 Å². The van der Waals surface area contributed by atoms with Crippen LogP contribution >= 0.6 is 11.8 Å². The summed E-state index contributed by atoms with van der Waals surface area (Å²) in [6.45, 7) is 5.73. The summed E-state index contributed by atoms with van der Waals surface area (Å²) >= 11 is 1.18. The smallest absolute Gasteiger partial charge is 0.389 e. The van der Waals surface area contributed by atoms with Crippen molar-refractivity contribution in [2.75, 3.05) is 24.7 Å². The van der Waals surface area contributed by atoms with Gasteiger partial charge in [-0.25, -0.2) is 13.2 Å². The first kappa shape index (κ1) is 28.2. The second-order valence-electron chi connectivity index (χ2n) is 8.82. The molecule has 0 bridgehead atoms. The number of alkyl halides is 3. The van der Waals surface area contributed by atoms with Gasteiger partial charge in [0.15, 0.2) is 0 Å². The number of carboxylic acid groups (broad SMARTS) is 1. The normalized spacial score (nSPS) is 19.5. The van der Waals surface area contributed by atoms with Gasteiger partial charge in [-0.15, -0.1) is 11.8 Å². The highest BCUT2D eigenvalue weighted by Gasteiger charge is 2.40. The predicted octanol–water partition coefficient (Wildman–Crippen LogP) is 5.02. The molecule has 1 heterocycles. The molecule has 0 unspecified atom stereocenters. The number of rotatable bonds is 7. The molecule has 192 valence electrons. The largest absolute Gasteiger partial charge is 0.476 e. The number of hydrogen-bond acceptors (Lipinski definition) is 6. The van der Waals surface area contributed by atoms with E-state index < -0.39 is 46.0 Å². The van der Waals surface area contributed by atoms with Crippen molar-refractivity contribution in [3.63, 3.8) is 0 Å². The summed E-state index contributed by atoms with van der Waals surface area (Å²) in [5.74, 6) is -3.47. The summed E-state index contributed by atoms with van der Waals surface area (Å²) in [6, 6.07) is 2.01. The zero-order valence-corrected chi connectivity index (χ0v) is 21.1. The maximum atomic E-state index is 13.5. The maximum absolute atomic E-state index is 13.5. The van der Waals surface area contributed by atoms with Crippen LogP contribution in [0.2, 0.25) is 0 Å². The molecule has 1 aromatic carbocycles. The number of carboxylic acids is 1. The van der Waals surface area contributed by atoms with Crippen molar-refractivity contribution >= 4 is 33.4 Å². The van der Waals surface area contributed by atoms with Crippen LogP contribution in [0.3, 0.4) is 0 Å². The monoisotopic (exact) mass is 528 g/mol. The number of aliphatic carboxylic acids is 1. The van der Waals surface area contributed by atoms with Crippen molar-refractivity contribution in [3.05, 3.63) is 24.2 Å². The van der Waals surface area contributed by atoms with Gasteiger partial charge in [0.1, 0.15) is 16.9 Å². The Balaban J connectivity index is 2.62. The van der Waals surface area contributed by atoms with E-state index in [2.05, 4.69) is 0 Å². The molecule has 1 aliphatic heterocycles. The van der Waals surface area contributed by atoms with E-state index in [1.54, 1.807) is 12.3 Å². The molecule has 0 saturated carbocycles. The zero-order chi connectivity index (χ0) is 26.1. The molecular weight excluding hydrogens is 500 g/mol. The second-order valence-corrected chi connectivity index (χ2v) is 11.6. The van der Waals surface area contributed by atoms with Crippen LogP contribution in [0.5, 0.6) is 5.75 Å². The molecule has 0 radical (unpaired) electrons. The van der Waals surface area contributed by atoms with Crippen molar-refractivity contribution in [2.24, 2.45) is 0 Å². The highest BCUT2D eigenvalue weighted by molar-refractivity contribution is 7.98. The minimum atomic E-state index is -4.34. The topological polar surface area (TPSA) is 87.1 Å². The van der Waals surface area contributed by atoms with Gasteiger partial charge >= 0.3 is 12.1 Å². The minimum absolute atomic E-state index is 0.00110. The van der Waals surface area contributed by atoms with E-state index in [4.69, 9.17) is 9.84 Å². The lowest BCUT2D eigenvalue weighted by Crippen LogP contribution is -2.48. The predicted molar refractivity (Wildman–Crippen MR) is 121 cm³/mol. The van der Waals surface area contributed by atoms with Gasteiger partial charge in [-0.3, -0.25) is 0 Å². The maximum Gasteiger partial charge on any atom is 0.389 e. The van der Waals surface area contributed by atoms with E-state index in [-0.39, 0.29) is 30.0 Å². The molecule has 2 rings (SSSR count). The third-order valence-corrected chi connectivity index (χ3v) is 8.10. The van der Waals surface area contributed by atoms with Gasteiger partial charge in [0, 0.05) is 37.7 Å². The summed E-state index contributed by atoms with van der Waals surface area (Å²) in [5.41, 5.74) is -0.262. The summed E-state index contributed by atoms with van der Waals surface area (Å²) < 4.78 is 84.8. The zero-order valence-electron chi connectivity index (χ0n) is 19.4. The van der Waals surface area contributed by atoms with E-state index in [1.807, 2.05) is 25.7 Å². The van der Waals surface area contributed by atoms with Gasteiger partial charge in [0.05, 0.1) is 10.6 Å². The molecule has 0 spiro atoms. The number of sulfonamides is 1. The molecule has 1 aliphatic rings. The van der Waals surface area contributed by atoms with Crippen LogP contribution in [-0.4, -0.2) is 61.4 Å². The highest BCUT2D eigenvalue weighted by atomic mass is 32.2. The molecular formula is C21H28F4N2O5S2. The van der Waals surface area contributed by atoms with Crippen LogP contribution in [0.1, 0.15) is 40.0 Å². The molecule has 0 saturated heterocycles. The van der Waals surface area contributed by atoms with Crippen molar-refractivity contribution in [3.8, 4) is 5.75 Å². The fourth-order valence-corrected chi connectivity index (χ4v) is 5.69. The number of likely N-dealkylation sites (N-methyl/N-ethyl adjacent to an activating group) is 1. The van der Waals surface area contributed by atoms with E-state index in [1.165, 1.54) is 24.9 Å². The average Bonchev–Trinajstić information content (AvgIpc) is 2.78. The lowest BCUT2D eigenvalue weighted by Gasteiger charge is -2.39. The molecule has 0 amide bonds. The molecule has 1 N–H and O–H groups in total. The number of thioether (sulfide) groups is 1. The van der Waals surface area contributed by atoms with Crippen molar-refractivity contribution in [1.82, 2.24) is 4.31 Å². The molecule has 0 aromatic heterocycles. The number of carbonyl (C=O) groups is 1. The van der Waals surface area contributed by atoms with Gasteiger partial charge in [-0.2, -0.15) is 21.9 Å². The van der Waals surface area contributed by atoms with Gasteiger partial charge in [0.25, 0.3) is 0 Å². The SMILES string of the molecule is CSc1cc2c(cc1O/C=C(\F)C(=O)O)S(=O)(=O)N(C)[C@H](CCCC(F)(F)F)CN2C(C)(C)C. The van der Waals surface area contributed by atoms with Gasteiger partial charge in [0.2, 0.25) is 15.9 Å². The molecule has 1 atom stereocenters. The third-order valence-electron chi connectivity index (χ3n) is 5.40. The van der Waals surface area contributed by atoms with Crippen LogP contribution in [0.4, 0.5) is 23.2 Å². The number of anilines is 1. The molecule has 7 nitrogen and oxygen atoms in total. The van der Waals surface area contributed by atoms with Gasteiger partial charge < -0.3 is 14.7 Å². The lowest BCUT2D eigenvalue weighted by molar-refractivity contribution is -0.136. The van der Waals surface area contributed by atoms with E-state index in [9.17, 15) is 30.8 Å². The quantitative estimate of drug-likeness (QED) is 0.230. The first-order valence-electron chi connectivity index (χ1n) is 10.3. The Bertz CT molecular complexity index is 1050. The Kier molecular flexibility index (Phi) is 8.58. The lowest BCUT2D eigenvalue weighted by atomic mass is 10.0. The summed E-state index contributed by atoms with van der Waals surface area (Å²) in [6.07, 6.45) is -3.53. The van der Waals surface area contributed by atoms with E-state index in [0.29, 0.717) is 16.8 Å². The Hall–Kier alpha value is -1.99. The third kappa shape index (κ3) is 6.57. The number of nitrogens with zero attached hydrogens (tertiary/aromatic N) is 2. The number of hydrogen-bond donors (Lipinski definition) is 1. The van der Waals surface area contributed by atoms with Gasteiger partial charge in [-0.05, 0) is 45.9 Å². The van der Waals surface area contributed by atoms with Crippen LogP contribution in [0, 0.1) is 0 Å². The first-order chi connectivity index (χ1) is 15.5. The van der Waals surface area contributed by atoms with Crippen molar-refractivity contribution < 1.29 is 40.6 Å². The standard InChI is InChI=1S/C21H28F4N2O5S2/c1-20(2,3)27-11-13(7-6-8-21(23,24)25)26(4)34(30,31)18-10-16(17(33-5)9-15(18)27)32-12-14(22)19(28)29/h9-10,12-13H,6-8,11H2,1-5H3,(H,28,29)/b14-12-/t13-/m1/s1. The Morgan fingerprint density at radius 3 is 2.41 bits per heavy atom. The second kappa shape index (κ2) is 10.3. The fraction of sp³-hybridized carbons (Fsp3) is 0.571. The minimum Gasteiger partial charge on any atom is -0.476 e. The van der Waals surface area contributed by atoms with Crippen LogP contribution in [0.15, 0.2) is 34.0 Å². The van der Waals surface area contributed by atoms with E-state index in [0.717, 1.165) is 4.31 Å². The number of fused-ring (bicyclic) bond motifs is 1. The summed E-state index contributed by atoms with van der Waals surface area (Å²) in [7, 11) is -2.86.